The maximum absolute atomic E-state index is 12.2. The van der Waals surface area contributed by atoms with Crippen LogP contribution in [0.25, 0.3) is 0 Å². The number of hydrogen-bond donors (Lipinski definition) is 3. The first kappa shape index (κ1) is 20.6. The van der Waals surface area contributed by atoms with Gasteiger partial charge in [0.05, 0.1) is 0 Å². The van der Waals surface area contributed by atoms with Crippen LogP contribution in [0, 0.1) is 13.8 Å². The van der Waals surface area contributed by atoms with Crippen LogP contribution >= 0.6 is 11.3 Å². The molecule has 0 saturated heterocycles. The van der Waals surface area contributed by atoms with Crippen molar-refractivity contribution in [1.82, 2.24) is 5.32 Å². The average Bonchev–Trinajstić information content (AvgIpc) is 2.92. The Morgan fingerprint density at radius 2 is 1.56 bits per heavy atom. The summed E-state index contributed by atoms with van der Waals surface area (Å²) in [5.41, 5.74) is 1.95. The number of rotatable bonds is 7. The molecule has 0 fully saturated rings. The Balaban J connectivity index is 1.82. The monoisotopic (exact) mass is 387 g/mol. The number of anilines is 2. The number of carbonyl (C=O) groups excluding carboxylic acids is 3. The Kier molecular flexibility index (Phi) is 7.12. The highest BCUT2D eigenvalue weighted by Gasteiger charge is 2.14. The van der Waals surface area contributed by atoms with E-state index in [1.165, 1.54) is 0 Å². The summed E-state index contributed by atoms with van der Waals surface area (Å²) in [5, 5.41) is 8.21. The minimum Gasteiger partial charge on any atom is -0.336 e. The molecule has 0 saturated carbocycles. The van der Waals surface area contributed by atoms with E-state index in [-0.39, 0.29) is 36.6 Å². The van der Waals surface area contributed by atoms with Crippen LogP contribution in [0.4, 0.5) is 16.2 Å². The highest BCUT2D eigenvalue weighted by atomic mass is 32.1. The Labute approximate surface area is 163 Å². The summed E-state index contributed by atoms with van der Waals surface area (Å²) in [7, 11) is 0. The first-order chi connectivity index (χ1) is 12.7. The molecule has 2 rings (SSSR count). The number of carbonyl (C=O) groups is 3. The molecule has 1 aromatic carbocycles. The second-order valence-electron chi connectivity index (χ2n) is 6.63. The van der Waals surface area contributed by atoms with Gasteiger partial charge in [-0.1, -0.05) is 0 Å². The van der Waals surface area contributed by atoms with Crippen molar-refractivity contribution in [2.75, 3.05) is 10.6 Å². The fourth-order valence-corrected chi connectivity index (χ4v) is 3.50. The number of aryl methyl sites for hydroxylation is 2. The van der Waals surface area contributed by atoms with Gasteiger partial charge < -0.3 is 16.0 Å². The molecule has 0 atom stereocenters. The van der Waals surface area contributed by atoms with Crippen LogP contribution in [-0.2, 0) is 4.79 Å². The van der Waals surface area contributed by atoms with Gasteiger partial charge in [-0.25, -0.2) is 4.79 Å². The molecule has 7 heteroatoms. The van der Waals surface area contributed by atoms with Crippen molar-refractivity contribution >= 4 is 40.4 Å². The summed E-state index contributed by atoms with van der Waals surface area (Å²) in [6, 6.07) is 8.47. The molecule has 0 aliphatic carbocycles. The Hall–Kier alpha value is -2.67. The van der Waals surface area contributed by atoms with Crippen LogP contribution in [0.3, 0.4) is 0 Å². The number of amides is 3. The van der Waals surface area contributed by atoms with E-state index in [1.807, 2.05) is 33.8 Å². The number of ketones is 1. The van der Waals surface area contributed by atoms with Crippen LogP contribution in [0.1, 0.15) is 46.8 Å². The van der Waals surface area contributed by atoms with Crippen LogP contribution in [0.5, 0.6) is 0 Å². The number of Topliss-reactive ketones (excluding diaryl/α,β-unsaturated/α-hetero) is 1. The first-order valence-corrected chi connectivity index (χ1v) is 9.64. The predicted molar refractivity (Wildman–Crippen MR) is 110 cm³/mol. The average molecular weight is 388 g/mol. The van der Waals surface area contributed by atoms with E-state index in [0.717, 1.165) is 9.75 Å². The highest BCUT2D eigenvalue weighted by molar-refractivity contribution is 7.12. The third-order valence-electron chi connectivity index (χ3n) is 3.77. The van der Waals surface area contributed by atoms with E-state index < -0.39 is 0 Å². The van der Waals surface area contributed by atoms with Crippen molar-refractivity contribution in [2.45, 2.75) is 46.6 Å². The molecule has 3 amide bonds. The summed E-state index contributed by atoms with van der Waals surface area (Å²) in [6.45, 7) is 7.64. The lowest BCUT2D eigenvalue weighted by molar-refractivity contribution is -0.116. The second-order valence-corrected chi connectivity index (χ2v) is 8.09. The topological polar surface area (TPSA) is 87.3 Å². The van der Waals surface area contributed by atoms with Crippen molar-refractivity contribution in [3.63, 3.8) is 0 Å². The number of benzene rings is 1. The van der Waals surface area contributed by atoms with E-state index in [1.54, 1.807) is 35.6 Å². The number of urea groups is 1. The standard InChI is InChI=1S/C20H25N3O3S/c1-12(2)21-20(26)23-16-7-5-15(6-8-16)22-19(25)10-9-18(24)17-11-13(3)27-14(17)4/h5-8,11-12H,9-10H2,1-4H3,(H,22,25)(H2,21,23,26). The van der Waals surface area contributed by atoms with Gasteiger partial charge in [0.2, 0.25) is 5.91 Å². The minimum atomic E-state index is -0.278. The maximum Gasteiger partial charge on any atom is 0.319 e. The SMILES string of the molecule is Cc1cc(C(=O)CCC(=O)Nc2ccc(NC(=O)NC(C)C)cc2)c(C)s1. The molecule has 0 spiro atoms. The van der Waals surface area contributed by atoms with Gasteiger partial charge in [-0.05, 0) is 58.0 Å². The van der Waals surface area contributed by atoms with Gasteiger partial charge in [0.25, 0.3) is 0 Å². The van der Waals surface area contributed by atoms with E-state index in [9.17, 15) is 14.4 Å². The molecular weight excluding hydrogens is 362 g/mol. The van der Waals surface area contributed by atoms with Gasteiger partial charge in [-0.3, -0.25) is 9.59 Å². The molecule has 144 valence electrons. The Bertz CT molecular complexity index is 825. The summed E-state index contributed by atoms with van der Waals surface area (Å²) in [4.78, 5) is 38.1. The molecular formula is C20H25N3O3S. The molecule has 1 heterocycles. The summed E-state index contributed by atoms with van der Waals surface area (Å²) in [5.74, 6) is -0.228. The second kappa shape index (κ2) is 9.32. The third-order valence-corrected chi connectivity index (χ3v) is 4.73. The number of nitrogens with one attached hydrogen (secondary N) is 3. The van der Waals surface area contributed by atoms with Crippen molar-refractivity contribution in [1.29, 1.82) is 0 Å². The zero-order valence-corrected chi connectivity index (χ0v) is 16.8. The largest absolute Gasteiger partial charge is 0.336 e. The molecule has 6 nitrogen and oxygen atoms in total. The van der Waals surface area contributed by atoms with Gasteiger partial charge >= 0.3 is 6.03 Å². The first-order valence-electron chi connectivity index (χ1n) is 8.82. The van der Waals surface area contributed by atoms with Gasteiger partial charge in [0.15, 0.2) is 5.78 Å². The van der Waals surface area contributed by atoms with Gasteiger partial charge in [-0.2, -0.15) is 0 Å². The summed E-state index contributed by atoms with van der Waals surface area (Å²) < 4.78 is 0. The lowest BCUT2D eigenvalue weighted by atomic mass is 10.1. The van der Waals surface area contributed by atoms with Gasteiger partial charge in [-0.15, -0.1) is 11.3 Å². The predicted octanol–water partition coefficient (Wildman–Crippen LogP) is 4.50. The third kappa shape index (κ3) is 6.53. The van der Waals surface area contributed by atoms with E-state index in [4.69, 9.17) is 0 Å². The van der Waals surface area contributed by atoms with Gasteiger partial charge in [0, 0.05) is 45.6 Å². The smallest absolute Gasteiger partial charge is 0.319 e. The molecule has 0 aliphatic rings. The van der Waals surface area contributed by atoms with Crippen LogP contribution in [0.15, 0.2) is 30.3 Å². The molecule has 0 unspecified atom stereocenters. The maximum atomic E-state index is 12.2. The Morgan fingerprint density at radius 1 is 0.963 bits per heavy atom. The van der Waals surface area contributed by atoms with Crippen LogP contribution in [-0.4, -0.2) is 23.8 Å². The minimum absolute atomic E-state index is 0.0114. The summed E-state index contributed by atoms with van der Waals surface area (Å²) >= 11 is 1.59. The van der Waals surface area contributed by atoms with Crippen LogP contribution in [0.2, 0.25) is 0 Å². The zero-order chi connectivity index (χ0) is 20.0. The van der Waals surface area contributed by atoms with E-state index in [2.05, 4.69) is 16.0 Å². The quantitative estimate of drug-likeness (QED) is 0.612. The fraction of sp³-hybridized carbons (Fsp3) is 0.350. The number of thiophene rings is 1. The Morgan fingerprint density at radius 3 is 2.07 bits per heavy atom. The molecule has 0 aliphatic heterocycles. The van der Waals surface area contributed by atoms with E-state index >= 15 is 0 Å². The molecule has 0 radical (unpaired) electrons. The van der Waals surface area contributed by atoms with Gasteiger partial charge in [0.1, 0.15) is 0 Å². The molecule has 2 aromatic rings. The van der Waals surface area contributed by atoms with Crippen LogP contribution < -0.4 is 16.0 Å². The van der Waals surface area contributed by atoms with E-state index in [0.29, 0.717) is 16.9 Å². The highest BCUT2D eigenvalue weighted by Crippen LogP contribution is 2.22. The molecule has 3 N–H and O–H groups in total. The normalized spacial score (nSPS) is 10.6. The molecule has 0 bridgehead atoms. The van der Waals surface area contributed by atoms with Crippen molar-refractivity contribution in [2.24, 2.45) is 0 Å². The lowest BCUT2D eigenvalue weighted by Crippen LogP contribution is -2.34. The molecule has 27 heavy (non-hydrogen) atoms. The fourth-order valence-electron chi connectivity index (χ4n) is 2.56. The zero-order valence-electron chi connectivity index (χ0n) is 16.0. The van der Waals surface area contributed by atoms with Crippen molar-refractivity contribution < 1.29 is 14.4 Å². The summed E-state index contributed by atoms with van der Waals surface area (Å²) in [6.07, 6.45) is 0.307. The van der Waals surface area contributed by atoms with Crippen molar-refractivity contribution in [3.05, 3.63) is 45.6 Å². The number of hydrogen-bond acceptors (Lipinski definition) is 4. The van der Waals surface area contributed by atoms with Crippen molar-refractivity contribution in [3.8, 4) is 0 Å². The lowest BCUT2D eigenvalue weighted by Gasteiger charge is -2.11. The molecule has 1 aromatic heterocycles.